The summed E-state index contributed by atoms with van der Waals surface area (Å²) in [6.45, 7) is 15.9. The fraction of sp³-hybridized carbons (Fsp3) is 0.806. The first kappa shape index (κ1) is 39.8. The predicted molar refractivity (Wildman–Crippen MR) is 191 cm³/mol. The number of carbonyl (C=O) groups is 5. The SMILES string of the molecule is C=CCNC(=O)C(=O)C(CCC)NC(=O)[C@@H]1[C@@H]2[C@H](CN1C(=O)[C@@H](NC(=O)N[C@H](CN(C)S(=O)(=O)C1CC1)C(C)(C)C)C1CCCCC1)C2(C)C. The molecule has 0 spiro atoms. The number of likely N-dealkylation sites (tertiary alicyclic amines) is 1. The van der Waals surface area contributed by atoms with E-state index < -0.39 is 63.2 Å². The van der Waals surface area contributed by atoms with Gasteiger partial charge in [-0.15, -0.1) is 6.58 Å². The maximum absolute atomic E-state index is 14.6. The van der Waals surface area contributed by atoms with E-state index in [0.717, 1.165) is 32.1 Å². The number of ketones is 1. The summed E-state index contributed by atoms with van der Waals surface area (Å²) in [5.74, 6) is -2.54. The summed E-state index contributed by atoms with van der Waals surface area (Å²) in [5, 5.41) is 10.9. The molecule has 6 atom stereocenters. The van der Waals surface area contributed by atoms with Crippen molar-refractivity contribution in [2.45, 2.75) is 129 Å². The van der Waals surface area contributed by atoms with Gasteiger partial charge in [-0.05, 0) is 60.7 Å². The number of urea groups is 1. The van der Waals surface area contributed by atoms with E-state index in [4.69, 9.17) is 0 Å². The van der Waals surface area contributed by atoms with Crippen LogP contribution in [0.15, 0.2) is 12.7 Å². The van der Waals surface area contributed by atoms with Crippen molar-refractivity contribution in [3.63, 3.8) is 0 Å². The molecule has 5 amide bonds. The second-order valence-electron chi connectivity index (χ2n) is 16.5. The highest BCUT2D eigenvalue weighted by Crippen LogP contribution is 2.65. The Labute approximate surface area is 298 Å². The summed E-state index contributed by atoms with van der Waals surface area (Å²) in [6.07, 6.45) is 7.94. The molecule has 4 N–H and O–H groups in total. The largest absolute Gasteiger partial charge is 0.346 e. The van der Waals surface area contributed by atoms with E-state index in [1.54, 1.807) is 4.90 Å². The number of carbonyl (C=O) groups excluding carboxylic acids is 5. The number of sulfonamides is 1. The molecule has 1 heterocycles. The van der Waals surface area contributed by atoms with Crippen molar-refractivity contribution >= 4 is 39.6 Å². The Morgan fingerprint density at radius 1 is 1.00 bits per heavy atom. The number of amides is 5. The number of rotatable bonds is 16. The molecule has 0 aromatic heterocycles. The number of likely N-dealkylation sites (N-methyl/N-ethyl adjacent to an activating group) is 1. The van der Waals surface area contributed by atoms with Gasteiger partial charge >= 0.3 is 6.03 Å². The average Bonchev–Trinajstić information content (AvgIpc) is 3.95. The number of nitrogens with zero attached hydrogens (tertiary/aromatic N) is 2. The molecule has 1 unspecified atom stereocenters. The summed E-state index contributed by atoms with van der Waals surface area (Å²) in [5.41, 5.74) is -0.683. The van der Waals surface area contributed by atoms with Gasteiger partial charge in [0.1, 0.15) is 12.1 Å². The van der Waals surface area contributed by atoms with Crippen molar-refractivity contribution in [3.05, 3.63) is 12.7 Å². The maximum Gasteiger partial charge on any atom is 0.315 e. The Morgan fingerprint density at radius 2 is 1.64 bits per heavy atom. The second-order valence-corrected chi connectivity index (χ2v) is 18.9. The molecule has 50 heavy (non-hydrogen) atoms. The molecule has 3 saturated carbocycles. The van der Waals surface area contributed by atoms with E-state index in [1.165, 1.54) is 17.4 Å². The van der Waals surface area contributed by atoms with Gasteiger partial charge in [0.15, 0.2) is 0 Å². The molecule has 14 heteroatoms. The molecule has 13 nitrogen and oxygen atoms in total. The van der Waals surface area contributed by atoms with E-state index in [2.05, 4.69) is 41.7 Å². The normalized spacial score (nSPS) is 25.1. The molecule has 4 fully saturated rings. The van der Waals surface area contributed by atoms with Crippen molar-refractivity contribution in [1.82, 2.24) is 30.5 Å². The third-order valence-electron chi connectivity index (χ3n) is 11.4. The van der Waals surface area contributed by atoms with Gasteiger partial charge in [0, 0.05) is 32.7 Å². The van der Waals surface area contributed by atoms with Crippen LogP contribution in [0.2, 0.25) is 0 Å². The molecule has 1 aliphatic heterocycles. The minimum Gasteiger partial charge on any atom is -0.346 e. The first-order valence-electron chi connectivity index (χ1n) is 18.4. The van der Waals surface area contributed by atoms with Gasteiger partial charge in [0.05, 0.1) is 11.3 Å². The van der Waals surface area contributed by atoms with Gasteiger partial charge in [0.25, 0.3) is 5.91 Å². The van der Waals surface area contributed by atoms with Crippen molar-refractivity contribution < 1.29 is 32.4 Å². The van der Waals surface area contributed by atoms with E-state index in [-0.39, 0.29) is 53.8 Å². The highest BCUT2D eigenvalue weighted by atomic mass is 32.2. The van der Waals surface area contributed by atoms with Gasteiger partial charge < -0.3 is 26.2 Å². The van der Waals surface area contributed by atoms with Crippen molar-refractivity contribution in [2.24, 2.45) is 28.6 Å². The molecule has 4 aliphatic rings. The van der Waals surface area contributed by atoms with Crippen molar-refractivity contribution in [3.8, 4) is 0 Å². The lowest BCUT2D eigenvalue weighted by Gasteiger charge is -2.38. The van der Waals surface area contributed by atoms with Crippen LogP contribution in [0, 0.1) is 28.6 Å². The third kappa shape index (κ3) is 8.89. The first-order chi connectivity index (χ1) is 23.4. The summed E-state index contributed by atoms with van der Waals surface area (Å²) in [7, 11) is -1.92. The molecule has 0 radical (unpaired) electrons. The number of nitrogens with one attached hydrogen (secondary N) is 4. The quantitative estimate of drug-likeness (QED) is 0.140. The summed E-state index contributed by atoms with van der Waals surface area (Å²) in [4.78, 5) is 69.5. The molecule has 1 saturated heterocycles. The zero-order valence-electron chi connectivity index (χ0n) is 31.0. The van der Waals surface area contributed by atoms with Crippen LogP contribution < -0.4 is 21.3 Å². The Kier molecular flexibility index (Phi) is 12.5. The smallest absolute Gasteiger partial charge is 0.315 e. The molecular formula is C36H60N6O7S. The molecular weight excluding hydrogens is 660 g/mol. The number of Topliss-reactive ketones (excluding diaryl/α,β-unsaturated/α-hetero) is 1. The van der Waals surface area contributed by atoms with E-state index in [0.29, 0.717) is 25.8 Å². The first-order valence-corrected chi connectivity index (χ1v) is 19.9. The highest BCUT2D eigenvalue weighted by molar-refractivity contribution is 7.90. The Bertz CT molecular complexity index is 1420. The minimum absolute atomic E-state index is 0.0773. The molecule has 282 valence electrons. The highest BCUT2D eigenvalue weighted by Gasteiger charge is 2.69. The molecule has 0 aromatic carbocycles. The predicted octanol–water partition coefficient (Wildman–Crippen LogP) is 2.71. The lowest BCUT2D eigenvalue weighted by molar-refractivity contribution is -0.144. The van der Waals surface area contributed by atoms with Gasteiger partial charge in [-0.25, -0.2) is 17.5 Å². The van der Waals surface area contributed by atoms with Crippen LogP contribution in [0.25, 0.3) is 0 Å². The zero-order chi connectivity index (χ0) is 37.2. The van der Waals surface area contributed by atoms with E-state index in [1.807, 2.05) is 27.7 Å². The molecule has 3 aliphatic carbocycles. The number of piperidine rings is 1. The summed E-state index contributed by atoms with van der Waals surface area (Å²) >= 11 is 0. The standard InChI is InChI=1S/C36H60N6O7S/c1-9-14-25(30(43)32(45)37-19-10-2)38-31(44)29-27-24(36(27,6)7)20-42(29)33(46)28(22-15-12-11-13-16-22)40-34(47)39-26(35(3,4)5)21-41(8)50(48,49)23-17-18-23/h10,22-29H,2,9,11-21H2,1,3-8H3,(H,37,45)(H,38,44)(H2,39,40,47)/t24-,25?,26+,27-,28-,29-/m0/s1. The van der Waals surface area contributed by atoms with Gasteiger partial charge in [-0.1, -0.05) is 73.3 Å². The monoisotopic (exact) mass is 720 g/mol. The van der Waals surface area contributed by atoms with Crippen LogP contribution in [-0.2, 0) is 29.2 Å². The Hall–Kier alpha value is -3.00. The topological polar surface area (TPSA) is 174 Å². The van der Waals surface area contributed by atoms with Gasteiger partial charge in [-0.3, -0.25) is 19.2 Å². The van der Waals surface area contributed by atoms with Crippen molar-refractivity contribution in [2.75, 3.05) is 26.7 Å². The van der Waals surface area contributed by atoms with Crippen LogP contribution in [-0.4, -0.2) is 103 Å². The minimum atomic E-state index is -3.46. The fourth-order valence-corrected chi connectivity index (χ4v) is 9.52. The average molecular weight is 721 g/mol. The number of hydrogen-bond donors (Lipinski definition) is 4. The van der Waals surface area contributed by atoms with Crippen LogP contribution >= 0.6 is 0 Å². The zero-order valence-corrected chi connectivity index (χ0v) is 31.9. The van der Waals surface area contributed by atoms with Crippen molar-refractivity contribution in [1.29, 1.82) is 0 Å². The number of hydrogen-bond acceptors (Lipinski definition) is 7. The Balaban J connectivity index is 1.54. The number of fused-ring (bicyclic) bond motifs is 1. The van der Waals surface area contributed by atoms with Gasteiger partial charge in [-0.2, -0.15) is 0 Å². The lowest BCUT2D eigenvalue weighted by Crippen LogP contribution is -2.61. The molecule has 0 aromatic rings. The van der Waals surface area contributed by atoms with Gasteiger partial charge in [0.2, 0.25) is 27.6 Å². The summed E-state index contributed by atoms with van der Waals surface area (Å²) in [6, 6.07) is -3.89. The maximum atomic E-state index is 14.6. The van der Waals surface area contributed by atoms with Crippen LogP contribution in [0.1, 0.15) is 99.3 Å². The third-order valence-corrected chi connectivity index (χ3v) is 13.8. The summed E-state index contributed by atoms with van der Waals surface area (Å²) < 4.78 is 27.1. The fourth-order valence-electron chi connectivity index (χ4n) is 7.92. The van der Waals surface area contributed by atoms with Crippen LogP contribution in [0.4, 0.5) is 4.79 Å². The lowest BCUT2D eigenvalue weighted by atomic mass is 9.83. The van der Waals surface area contributed by atoms with Crippen LogP contribution in [0.3, 0.4) is 0 Å². The van der Waals surface area contributed by atoms with E-state index >= 15 is 0 Å². The molecule has 0 bridgehead atoms. The van der Waals surface area contributed by atoms with Crippen LogP contribution in [0.5, 0.6) is 0 Å². The second kappa shape index (κ2) is 15.7. The van der Waals surface area contributed by atoms with E-state index in [9.17, 15) is 32.4 Å². The molecule has 4 rings (SSSR count). The Morgan fingerprint density at radius 3 is 2.20 bits per heavy atom.